The molecule has 3 rings (SSSR count). The Bertz CT molecular complexity index is 570. The normalized spacial score (nSPS) is 20.6. The molecule has 0 saturated carbocycles. The summed E-state index contributed by atoms with van der Waals surface area (Å²) in [7, 11) is 0. The maximum atomic E-state index is 2.39. The molecule has 0 amide bonds. The molecule has 0 heteroatoms. The fourth-order valence-corrected chi connectivity index (χ4v) is 4.09. The average molecular weight is 292 g/mol. The quantitative estimate of drug-likeness (QED) is 0.560. The van der Waals surface area contributed by atoms with Crippen molar-refractivity contribution in [2.75, 3.05) is 0 Å². The molecule has 116 valence electrons. The molecular formula is C22H28. The summed E-state index contributed by atoms with van der Waals surface area (Å²) in [5.41, 5.74) is 4.76. The lowest BCUT2D eigenvalue weighted by molar-refractivity contribution is 0.344. The molecule has 0 radical (unpaired) electrons. The Hall–Kier alpha value is -1.56. The lowest BCUT2D eigenvalue weighted by Crippen LogP contribution is -2.22. The van der Waals surface area contributed by atoms with Crippen LogP contribution in [0.2, 0.25) is 0 Å². The van der Waals surface area contributed by atoms with Crippen LogP contribution in [0.15, 0.2) is 54.6 Å². The summed E-state index contributed by atoms with van der Waals surface area (Å²) >= 11 is 0. The fraction of sp³-hybridized carbons (Fsp3) is 0.455. The van der Waals surface area contributed by atoms with Gasteiger partial charge < -0.3 is 0 Å². The van der Waals surface area contributed by atoms with Crippen LogP contribution in [0.1, 0.15) is 61.6 Å². The van der Waals surface area contributed by atoms with Crippen LogP contribution in [0.4, 0.5) is 0 Å². The van der Waals surface area contributed by atoms with Gasteiger partial charge in [0.25, 0.3) is 0 Å². The minimum absolute atomic E-state index is 0.761. The maximum absolute atomic E-state index is 2.39. The Balaban J connectivity index is 1.79. The highest BCUT2D eigenvalue weighted by atomic mass is 14.3. The molecule has 22 heavy (non-hydrogen) atoms. The average Bonchev–Trinajstić information content (AvgIpc) is 2.57. The molecule has 0 N–H and O–H groups in total. The molecule has 0 unspecified atom stereocenters. The zero-order valence-corrected chi connectivity index (χ0v) is 13.8. The van der Waals surface area contributed by atoms with E-state index in [1.165, 1.54) is 50.5 Å². The monoisotopic (exact) mass is 292 g/mol. The van der Waals surface area contributed by atoms with Gasteiger partial charge in [0.15, 0.2) is 0 Å². The van der Waals surface area contributed by atoms with E-state index in [2.05, 4.69) is 61.5 Å². The van der Waals surface area contributed by atoms with E-state index in [1.54, 1.807) is 11.1 Å². The number of benzene rings is 2. The van der Waals surface area contributed by atoms with Crippen LogP contribution in [0, 0.1) is 5.92 Å². The van der Waals surface area contributed by atoms with Gasteiger partial charge in [-0.25, -0.2) is 0 Å². The van der Waals surface area contributed by atoms with Crippen LogP contribution in [0.5, 0.6) is 0 Å². The maximum Gasteiger partial charge on any atom is -0.0128 e. The topological polar surface area (TPSA) is 0 Å². The molecule has 1 aliphatic rings. The first-order chi connectivity index (χ1) is 10.9. The van der Waals surface area contributed by atoms with Crippen molar-refractivity contribution in [2.45, 2.75) is 57.8 Å². The molecule has 0 nitrogen and oxygen atoms in total. The molecule has 2 atom stereocenters. The van der Waals surface area contributed by atoms with E-state index in [-0.39, 0.29) is 0 Å². The Kier molecular flexibility index (Phi) is 5.32. The zero-order valence-electron chi connectivity index (χ0n) is 13.8. The standard InChI is InChI=1S/C22H28/c1-2-3-5-13-22-20(17-18-10-6-4-7-11-18)16-15-19-12-8-9-14-21(19)22/h4,6-12,14,20,22H,2-3,5,13,15-17H2,1H3/t20-,22-/m1/s1. The van der Waals surface area contributed by atoms with Gasteiger partial charge in [0.2, 0.25) is 0 Å². The van der Waals surface area contributed by atoms with Crippen LogP contribution < -0.4 is 0 Å². The Morgan fingerprint density at radius 2 is 1.68 bits per heavy atom. The molecule has 0 bridgehead atoms. The summed E-state index contributed by atoms with van der Waals surface area (Å²) in [6.07, 6.45) is 9.28. The van der Waals surface area contributed by atoms with E-state index in [1.807, 2.05) is 0 Å². The van der Waals surface area contributed by atoms with Gasteiger partial charge in [-0.15, -0.1) is 0 Å². The largest absolute Gasteiger partial charge is 0.0654 e. The molecule has 2 aromatic rings. The van der Waals surface area contributed by atoms with E-state index < -0.39 is 0 Å². The van der Waals surface area contributed by atoms with Crippen molar-refractivity contribution in [1.29, 1.82) is 0 Å². The van der Waals surface area contributed by atoms with Crippen molar-refractivity contribution in [2.24, 2.45) is 5.92 Å². The fourth-order valence-electron chi connectivity index (χ4n) is 4.09. The third-order valence-electron chi connectivity index (χ3n) is 5.27. The lowest BCUT2D eigenvalue weighted by atomic mass is 9.71. The van der Waals surface area contributed by atoms with Gasteiger partial charge in [-0.05, 0) is 54.2 Å². The Morgan fingerprint density at radius 3 is 2.50 bits per heavy atom. The van der Waals surface area contributed by atoms with E-state index in [0.717, 1.165) is 11.8 Å². The third kappa shape index (κ3) is 3.61. The molecule has 0 spiro atoms. The van der Waals surface area contributed by atoms with E-state index >= 15 is 0 Å². The van der Waals surface area contributed by atoms with Gasteiger partial charge in [-0.1, -0.05) is 80.8 Å². The highest BCUT2D eigenvalue weighted by molar-refractivity contribution is 5.34. The highest BCUT2D eigenvalue weighted by Crippen LogP contribution is 2.41. The van der Waals surface area contributed by atoms with Gasteiger partial charge in [-0.2, -0.15) is 0 Å². The predicted molar refractivity (Wildman–Crippen MR) is 95.3 cm³/mol. The van der Waals surface area contributed by atoms with Gasteiger partial charge in [0.05, 0.1) is 0 Å². The number of fused-ring (bicyclic) bond motifs is 1. The second-order valence-corrected chi connectivity index (χ2v) is 6.79. The minimum Gasteiger partial charge on any atom is -0.0654 e. The van der Waals surface area contributed by atoms with Crippen molar-refractivity contribution >= 4 is 0 Å². The van der Waals surface area contributed by atoms with Gasteiger partial charge in [-0.3, -0.25) is 0 Å². The second kappa shape index (κ2) is 7.63. The molecule has 0 saturated heterocycles. The number of unbranched alkanes of at least 4 members (excludes halogenated alkanes) is 2. The number of hydrogen-bond acceptors (Lipinski definition) is 0. The van der Waals surface area contributed by atoms with Crippen molar-refractivity contribution in [3.8, 4) is 0 Å². The van der Waals surface area contributed by atoms with Crippen LogP contribution in [0.3, 0.4) is 0 Å². The van der Waals surface area contributed by atoms with Crippen molar-refractivity contribution in [1.82, 2.24) is 0 Å². The molecule has 0 aromatic heterocycles. The third-order valence-corrected chi connectivity index (χ3v) is 5.27. The van der Waals surface area contributed by atoms with Gasteiger partial charge in [0.1, 0.15) is 0 Å². The molecular weight excluding hydrogens is 264 g/mol. The van der Waals surface area contributed by atoms with Gasteiger partial charge >= 0.3 is 0 Å². The first-order valence-corrected chi connectivity index (χ1v) is 9.00. The van der Waals surface area contributed by atoms with Gasteiger partial charge in [0, 0.05) is 0 Å². The van der Waals surface area contributed by atoms with E-state index in [4.69, 9.17) is 0 Å². The second-order valence-electron chi connectivity index (χ2n) is 6.79. The summed E-state index contributed by atoms with van der Waals surface area (Å²) < 4.78 is 0. The molecule has 0 heterocycles. The molecule has 0 aliphatic heterocycles. The lowest BCUT2D eigenvalue weighted by Gasteiger charge is -2.34. The first-order valence-electron chi connectivity index (χ1n) is 9.00. The molecule has 1 aliphatic carbocycles. The Morgan fingerprint density at radius 1 is 0.909 bits per heavy atom. The smallest absolute Gasteiger partial charge is 0.0128 e. The van der Waals surface area contributed by atoms with Crippen molar-refractivity contribution in [3.63, 3.8) is 0 Å². The molecule has 2 aromatic carbocycles. The van der Waals surface area contributed by atoms with Crippen molar-refractivity contribution < 1.29 is 0 Å². The first kappa shape index (κ1) is 15.3. The SMILES string of the molecule is CCCCC[C@H]1c2ccccc2CC[C@@H]1Cc1ccccc1. The summed E-state index contributed by atoms with van der Waals surface area (Å²) in [6.45, 7) is 2.30. The molecule has 0 fully saturated rings. The summed E-state index contributed by atoms with van der Waals surface area (Å²) in [5, 5.41) is 0. The predicted octanol–water partition coefficient (Wildman–Crippen LogP) is 6.16. The van der Waals surface area contributed by atoms with Crippen LogP contribution >= 0.6 is 0 Å². The summed E-state index contributed by atoms with van der Waals surface area (Å²) in [5.74, 6) is 1.57. The number of rotatable bonds is 6. The van der Waals surface area contributed by atoms with Crippen LogP contribution in [-0.2, 0) is 12.8 Å². The summed E-state index contributed by atoms with van der Waals surface area (Å²) in [6, 6.07) is 20.3. The van der Waals surface area contributed by atoms with E-state index in [9.17, 15) is 0 Å². The van der Waals surface area contributed by atoms with Crippen LogP contribution in [-0.4, -0.2) is 0 Å². The highest BCUT2D eigenvalue weighted by Gasteiger charge is 2.28. The Labute approximate surface area is 135 Å². The van der Waals surface area contributed by atoms with Crippen molar-refractivity contribution in [3.05, 3.63) is 71.3 Å². The minimum atomic E-state index is 0.761. The van der Waals surface area contributed by atoms with E-state index in [0.29, 0.717) is 0 Å². The summed E-state index contributed by atoms with van der Waals surface area (Å²) in [4.78, 5) is 0. The van der Waals surface area contributed by atoms with Crippen LogP contribution in [0.25, 0.3) is 0 Å². The number of aryl methyl sites for hydroxylation is 1. The number of hydrogen-bond donors (Lipinski definition) is 0. The zero-order chi connectivity index (χ0) is 15.2.